The summed E-state index contributed by atoms with van der Waals surface area (Å²) in [6, 6.07) is 9.79. The van der Waals surface area contributed by atoms with Crippen LogP contribution in [0.4, 0.5) is 0 Å². The minimum Gasteiger partial charge on any atom is -0.337 e. The Balaban J connectivity index is 2.20. The molecule has 1 aromatic carbocycles. The van der Waals surface area contributed by atoms with Crippen LogP contribution < -0.4 is 4.72 Å². The molecule has 1 amide bonds. The Morgan fingerprint density at radius 2 is 1.89 bits per heavy atom. The molecule has 4 nitrogen and oxygen atoms in total. The maximum Gasteiger partial charge on any atom is 0.226 e. The van der Waals surface area contributed by atoms with Crippen molar-refractivity contribution in [2.45, 2.75) is 63.7 Å². The molecule has 0 radical (unpaired) electrons. The van der Waals surface area contributed by atoms with E-state index in [1.54, 1.807) is 6.08 Å². The first kappa shape index (κ1) is 21.8. The van der Waals surface area contributed by atoms with E-state index in [-0.39, 0.29) is 22.6 Å². The third-order valence-electron chi connectivity index (χ3n) is 5.03. The molecule has 1 aromatic rings. The average Bonchev–Trinajstić information content (AvgIpc) is 2.67. The molecule has 150 valence electrons. The Labute approximate surface area is 167 Å². The van der Waals surface area contributed by atoms with Crippen molar-refractivity contribution in [1.29, 1.82) is 0 Å². The van der Waals surface area contributed by atoms with Crippen molar-refractivity contribution in [1.82, 2.24) is 9.62 Å². The van der Waals surface area contributed by atoms with Crippen molar-refractivity contribution in [3.05, 3.63) is 48.6 Å². The molecular formula is C22H34N2O2S. The Kier molecular flexibility index (Phi) is 8.24. The minimum absolute atomic E-state index is 0.114. The Morgan fingerprint density at radius 1 is 1.26 bits per heavy atom. The minimum atomic E-state index is -1.22. The third kappa shape index (κ3) is 6.58. The summed E-state index contributed by atoms with van der Waals surface area (Å²) in [5, 5.41) is 0. The summed E-state index contributed by atoms with van der Waals surface area (Å²) in [5.74, 6) is 0.321. The van der Waals surface area contributed by atoms with Gasteiger partial charge < -0.3 is 4.90 Å². The molecule has 1 aliphatic carbocycles. The number of nitrogens with one attached hydrogen (secondary N) is 1. The van der Waals surface area contributed by atoms with Gasteiger partial charge in [-0.1, -0.05) is 55.7 Å². The topological polar surface area (TPSA) is 49.4 Å². The van der Waals surface area contributed by atoms with Gasteiger partial charge >= 0.3 is 0 Å². The second kappa shape index (κ2) is 10.2. The number of nitrogens with zero attached hydrogens (tertiary/aromatic N) is 1. The highest BCUT2D eigenvalue weighted by Gasteiger charge is 2.29. The molecule has 2 rings (SSSR count). The van der Waals surface area contributed by atoms with Gasteiger partial charge in [0.15, 0.2) is 0 Å². The van der Waals surface area contributed by atoms with Crippen molar-refractivity contribution >= 4 is 16.9 Å². The summed E-state index contributed by atoms with van der Waals surface area (Å²) in [6.07, 6.45) is 7.22. The smallest absolute Gasteiger partial charge is 0.226 e. The van der Waals surface area contributed by atoms with Crippen molar-refractivity contribution < 1.29 is 9.00 Å². The quantitative estimate of drug-likeness (QED) is 0.670. The van der Waals surface area contributed by atoms with E-state index in [0.717, 1.165) is 31.2 Å². The molecule has 5 heteroatoms. The zero-order chi connectivity index (χ0) is 19.9. The third-order valence-corrected chi connectivity index (χ3v) is 6.64. The summed E-state index contributed by atoms with van der Waals surface area (Å²) >= 11 is 0. The van der Waals surface area contributed by atoms with Crippen molar-refractivity contribution in [2.75, 3.05) is 13.1 Å². The molecule has 0 saturated heterocycles. The zero-order valence-corrected chi connectivity index (χ0v) is 17.8. The number of hydrogen-bond donors (Lipinski definition) is 1. The van der Waals surface area contributed by atoms with E-state index in [2.05, 4.69) is 11.3 Å². The molecule has 0 spiro atoms. The first-order valence-corrected chi connectivity index (χ1v) is 11.1. The lowest BCUT2D eigenvalue weighted by Crippen LogP contribution is -2.44. The molecular weight excluding hydrogens is 356 g/mol. The molecule has 1 aliphatic rings. The molecule has 0 heterocycles. The van der Waals surface area contributed by atoms with Crippen LogP contribution in [0.15, 0.2) is 43.0 Å². The number of hydrogen-bond acceptors (Lipinski definition) is 2. The molecule has 2 unspecified atom stereocenters. The van der Waals surface area contributed by atoms with Gasteiger partial charge in [0.2, 0.25) is 5.91 Å². The van der Waals surface area contributed by atoms with E-state index >= 15 is 0 Å². The summed E-state index contributed by atoms with van der Waals surface area (Å²) in [5.41, 5.74) is 1.04. The van der Waals surface area contributed by atoms with E-state index in [9.17, 15) is 9.00 Å². The van der Waals surface area contributed by atoms with Gasteiger partial charge in [0.05, 0.1) is 21.8 Å². The fourth-order valence-corrected chi connectivity index (χ4v) is 4.26. The van der Waals surface area contributed by atoms with Gasteiger partial charge in [0.1, 0.15) is 0 Å². The maximum absolute atomic E-state index is 13.1. The van der Waals surface area contributed by atoms with Gasteiger partial charge in [-0.3, -0.25) is 4.79 Å². The van der Waals surface area contributed by atoms with Crippen LogP contribution in [0, 0.1) is 5.92 Å². The first-order chi connectivity index (χ1) is 12.8. The van der Waals surface area contributed by atoms with Crippen molar-refractivity contribution in [3.8, 4) is 0 Å². The second-order valence-electron chi connectivity index (χ2n) is 8.33. The van der Waals surface area contributed by atoms with E-state index in [1.165, 1.54) is 6.42 Å². The van der Waals surface area contributed by atoms with Gasteiger partial charge in [-0.05, 0) is 39.2 Å². The summed E-state index contributed by atoms with van der Waals surface area (Å²) in [6.45, 7) is 10.7. The SMILES string of the molecule is C=CCN(CC(NS(=O)C(C)(C)C)c1ccccc1)C(=O)C1CCCCC1. The Bertz CT molecular complexity index is 633. The van der Waals surface area contributed by atoms with Crippen LogP contribution in [-0.4, -0.2) is 32.9 Å². The lowest BCUT2D eigenvalue weighted by molar-refractivity contribution is -0.136. The molecule has 0 aliphatic heterocycles. The zero-order valence-electron chi connectivity index (χ0n) is 16.9. The van der Waals surface area contributed by atoms with Crippen LogP contribution in [0.25, 0.3) is 0 Å². The largest absolute Gasteiger partial charge is 0.337 e. The summed E-state index contributed by atoms with van der Waals surface area (Å²) in [4.78, 5) is 15.0. The Hall–Kier alpha value is -1.46. The van der Waals surface area contributed by atoms with Gasteiger partial charge in [0.25, 0.3) is 0 Å². The monoisotopic (exact) mass is 390 g/mol. The van der Waals surface area contributed by atoms with E-state index in [4.69, 9.17) is 0 Å². The fraction of sp³-hybridized carbons (Fsp3) is 0.591. The van der Waals surface area contributed by atoms with E-state index < -0.39 is 11.0 Å². The predicted octanol–water partition coefficient (Wildman–Crippen LogP) is 4.37. The average molecular weight is 391 g/mol. The van der Waals surface area contributed by atoms with Crippen molar-refractivity contribution in [2.24, 2.45) is 5.92 Å². The van der Waals surface area contributed by atoms with Crippen LogP contribution >= 0.6 is 0 Å². The summed E-state index contributed by atoms with van der Waals surface area (Å²) < 4.78 is 15.6. The highest BCUT2D eigenvalue weighted by atomic mass is 32.2. The lowest BCUT2D eigenvalue weighted by Gasteiger charge is -2.33. The molecule has 1 N–H and O–H groups in total. The molecule has 2 atom stereocenters. The number of carbonyl (C=O) groups excluding carboxylic acids is 1. The normalized spacial score (nSPS) is 17.9. The van der Waals surface area contributed by atoms with E-state index in [1.807, 2.05) is 56.0 Å². The number of carbonyl (C=O) groups is 1. The van der Waals surface area contributed by atoms with Gasteiger partial charge in [0, 0.05) is 19.0 Å². The highest BCUT2D eigenvalue weighted by Crippen LogP contribution is 2.27. The number of rotatable bonds is 8. The molecule has 1 fully saturated rings. The van der Waals surface area contributed by atoms with Crippen LogP contribution in [0.3, 0.4) is 0 Å². The fourth-order valence-electron chi connectivity index (χ4n) is 3.44. The standard InChI is InChI=1S/C22H34N2O2S/c1-5-16-24(21(25)19-14-10-7-11-15-19)17-20(18-12-8-6-9-13-18)23-27(26)22(2,3)4/h5-6,8-9,12-13,19-20,23H,1,7,10-11,14-17H2,2-4H3. The first-order valence-electron chi connectivity index (χ1n) is 9.95. The molecule has 1 saturated carbocycles. The Morgan fingerprint density at radius 3 is 2.44 bits per heavy atom. The van der Waals surface area contributed by atoms with Gasteiger partial charge in [-0.25, -0.2) is 8.93 Å². The van der Waals surface area contributed by atoms with Crippen LogP contribution in [0.5, 0.6) is 0 Å². The lowest BCUT2D eigenvalue weighted by atomic mass is 9.88. The molecule has 0 aromatic heterocycles. The van der Waals surface area contributed by atoms with Crippen molar-refractivity contribution in [3.63, 3.8) is 0 Å². The maximum atomic E-state index is 13.1. The van der Waals surface area contributed by atoms with Crippen LogP contribution in [0.1, 0.15) is 64.5 Å². The highest BCUT2D eigenvalue weighted by molar-refractivity contribution is 7.84. The van der Waals surface area contributed by atoms with E-state index in [0.29, 0.717) is 13.1 Å². The number of amides is 1. The predicted molar refractivity (Wildman–Crippen MR) is 114 cm³/mol. The number of benzene rings is 1. The summed E-state index contributed by atoms with van der Waals surface area (Å²) in [7, 11) is -1.22. The molecule has 27 heavy (non-hydrogen) atoms. The van der Waals surface area contributed by atoms with Crippen LogP contribution in [0.2, 0.25) is 0 Å². The van der Waals surface area contributed by atoms with Crippen LogP contribution in [-0.2, 0) is 15.8 Å². The van der Waals surface area contributed by atoms with Gasteiger partial charge in [-0.15, -0.1) is 6.58 Å². The molecule has 0 bridgehead atoms. The van der Waals surface area contributed by atoms with Gasteiger partial charge in [-0.2, -0.15) is 0 Å². The second-order valence-corrected chi connectivity index (χ2v) is 10.3.